The molecule has 0 radical (unpaired) electrons. The fourth-order valence-electron chi connectivity index (χ4n) is 0.841. The zero-order valence-corrected chi connectivity index (χ0v) is 9.12. The molecule has 0 aliphatic rings. The smallest absolute Gasteiger partial charge is 0.305 e. The summed E-state index contributed by atoms with van der Waals surface area (Å²) < 4.78 is 4.35. The Bertz CT molecular complexity index is 242. The van der Waals surface area contributed by atoms with E-state index in [4.69, 9.17) is 0 Å². The quantitative estimate of drug-likeness (QED) is 0.676. The molecule has 1 aromatic carbocycles. The molecule has 0 saturated heterocycles. The van der Waals surface area contributed by atoms with E-state index in [1.54, 1.807) is 0 Å². The molecule has 2 nitrogen and oxygen atoms in total. The molecule has 0 aliphatic carbocycles. The molecule has 0 heterocycles. The van der Waals surface area contributed by atoms with Crippen molar-refractivity contribution in [1.82, 2.24) is 0 Å². The standard InChI is InChI=1S/C7H8.C5H10O2/c1-7-5-3-2-4-6-7;1-3-4-5(6)7-2/h2-6H,1H3;3-4H2,1-2H3. The van der Waals surface area contributed by atoms with Crippen molar-refractivity contribution in [3.63, 3.8) is 0 Å². The van der Waals surface area contributed by atoms with Gasteiger partial charge in [0, 0.05) is 6.42 Å². The number of methoxy groups -OCH3 is 1. The van der Waals surface area contributed by atoms with E-state index in [2.05, 4.69) is 23.8 Å². The molecule has 0 amide bonds. The van der Waals surface area contributed by atoms with Crippen LogP contribution in [0.25, 0.3) is 0 Å². The molecule has 0 atom stereocenters. The van der Waals surface area contributed by atoms with Crippen LogP contribution in [0.2, 0.25) is 0 Å². The summed E-state index contributed by atoms with van der Waals surface area (Å²) in [7, 11) is 1.40. The minimum atomic E-state index is -0.123. The summed E-state index contributed by atoms with van der Waals surface area (Å²) >= 11 is 0. The van der Waals surface area contributed by atoms with E-state index in [-0.39, 0.29) is 5.97 Å². The highest BCUT2D eigenvalue weighted by Crippen LogP contribution is 1.92. The number of carbonyl (C=O) groups is 1. The van der Waals surface area contributed by atoms with Gasteiger partial charge in [-0.05, 0) is 13.3 Å². The van der Waals surface area contributed by atoms with E-state index < -0.39 is 0 Å². The first-order valence-corrected chi connectivity index (χ1v) is 4.79. The summed E-state index contributed by atoms with van der Waals surface area (Å²) in [5.74, 6) is -0.123. The van der Waals surface area contributed by atoms with Crippen molar-refractivity contribution in [1.29, 1.82) is 0 Å². The van der Waals surface area contributed by atoms with E-state index in [0.29, 0.717) is 6.42 Å². The molecule has 0 bridgehead atoms. The lowest BCUT2D eigenvalue weighted by atomic mass is 10.2. The maximum Gasteiger partial charge on any atom is 0.305 e. The number of aryl methyl sites for hydroxylation is 1. The molecule has 0 fully saturated rings. The highest BCUT2D eigenvalue weighted by Gasteiger charge is 1.92. The molecular weight excluding hydrogens is 176 g/mol. The first kappa shape index (κ1) is 12.7. The third kappa shape index (κ3) is 7.35. The molecule has 0 aromatic heterocycles. The van der Waals surface area contributed by atoms with Crippen molar-refractivity contribution in [3.05, 3.63) is 35.9 Å². The van der Waals surface area contributed by atoms with Gasteiger partial charge >= 0.3 is 5.97 Å². The van der Waals surface area contributed by atoms with Crippen LogP contribution in [0.3, 0.4) is 0 Å². The number of hydrogen-bond donors (Lipinski definition) is 0. The Morgan fingerprint density at radius 1 is 1.29 bits per heavy atom. The lowest BCUT2D eigenvalue weighted by molar-refractivity contribution is -0.140. The zero-order chi connectivity index (χ0) is 10.8. The van der Waals surface area contributed by atoms with Crippen molar-refractivity contribution in [2.24, 2.45) is 0 Å². The zero-order valence-electron chi connectivity index (χ0n) is 9.12. The van der Waals surface area contributed by atoms with E-state index in [1.807, 2.05) is 25.1 Å². The van der Waals surface area contributed by atoms with Gasteiger partial charge in [0.05, 0.1) is 7.11 Å². The number of carbonyl (C=O) groups excluding carboxylic acids is 1. The van der Waals surface area contributed by atoms with Crippen LogP contribution in [0.15, 0.2) is 30.3 Å². The van der Waals surface area contributed by atoms with Crippen molar-refractivity contribution >= 4 is 5.97 Å². The van der Waals surface area contributed by atoms with Crippen LogP contribution >= 0.6 is 0 Å². The molecule has 0 unspecified atom stereocenters. The van der Waals surface area contributed by atoms with Crippen molar-refractivity contribution in [2.75, 3.05) is 7.11 Å². The minimum Gasteiger partial charge on any atom is -0.469 e. The van der Waals surface area contributed by atoms with Gasteiger partial charge in [-0.3, -0.25) is 4.79 Å². The van der Waals surface area contributed by atoms with Crippen molar-refractivity contribution in [3.8, 4) is 0 Å². The Morgan fingerprint density at radius 2 is 1.86 bits per heavy atom. The highest BCUT2D eigenvalue weighted by atomic mass is 16.5. The summed E-state index contributed by atoms with van der Waals surface area (Å²) in [6, 6.07) is 10.3. The van der Waals surface area contributed by atoms with Gasteiger partial charge in [-0.1, -0.05) is 42.8 Å². The fourth-order valence-corrected chi connectivity index (χ4v) is 0.841. The van der Waals surface area contributed by atoms with Gasteiger partial charge < -0.3 is 4.74 Å². The minimum absolute atomic E-state index is 0.123. The van der Waals surface area contributed by atoms with Gasteiger partial charge in [0.15, 0.2) is 0 Å². The van der Waals surface area contributed by atoms with E-state index >= 15 is 0 Å². The number of ether oxygens (including phenoxy) is 1. The van der Waals surface area contributed by atoms with Crippen LogP contribution in [0.5, 0.6) is 0 Å². The average molecular weight is 194 g/mol. The van der Waals surface area contributed by atoms with Crippen LogP contribution in [-0.2, 0) is 9.53 Å². The lowest BCUT2D eigenvalue weighted by Crippen LogP contribution is -1.97. The molecule has 2 heteroatoms. The molecule has 1 rings (SSSR count). The summed E-state index contributed by atoms with van der Waals surface area (Å²) in [6.07, 6.45) is 1.41. The Kier molecular flexibility index (Phi) is 7.52. The largest absolute Gasteiger partial charge is 0.469 e. The van der Waals surface area contributed by atoms with Gasteiger partial charge in [0.1, 0.15) is 0 Å². The summed E-state index contributed by atoms with van der Waals surface area (Å²) in [4.78, 5) is 10.2. The summed E-state index contributed by atoms with van der Waals surface area (Å²) in [5, 5.41) is 0. The summed E-state index contributed by atoms with van der Waals surface area (Å²) in [6.45, 7) is 4.02. The van der Waals surface area contributed by atoms with Crippen LogP contribution < -0.4 is 0 Å². The second kappa shape index (κ2) is 8.30. The van der Waals surface area contributed by atoms with Gasteiger partial charge in [-0.2, -0.15) is 0 Å². The lowest BCUT2D eigenvalue weighted by Gasteiger charge is -1.91. The van der Waals surface area contributed by atoms with E-state index in [1.165, 1.54) is 12.7 Å². The Hall–Kier alpha value is -1.31. The monoisotopic (exact) mass is 194 g/mol. The van der Waals surface area contributed by atoms with Gasteiger partial charge in [-0.15, -0.1) is 0 Å². The van der Waals surface area contributed by atoms with E-state index in [9.17, 15) is 4.79 Å². The molecular formula is C12H18O2. The highest BCUT2D eigenvalue weighted by molar-refractivity contribution is 5.68. The Morgan fingerprint density at radius 3 is 2.07 bits per heavy atom. The van der Waals surface area contributed by atoms with Gasteiger partial charge in [0.25, 0.3) is 0 Å². The number of benzene rings is 1. The molecule has 0 spiro atoms. The van der Waals surface area contributed by atoms with Crippen LogP contribution in [0.1, 0.15) is 25.3 Å². The Balaban J connectivity index is 0.000000241. The third-order valence-electron chi connectivity index (χ3n) is 1.62. The second-order valence-corrected chi connectivity index (χ2v) is 2.98. The maximum absolute atomic E-state index is 10.2. The van der Waals surface area contributed by atoms with Crippen LogP contribution in [-0.4, -0.2) is 13.1 Å². The van der Waals surface area contributed by atoms with Gasteiger partial charge in [-0.25, -0.2) is 0 Å². The second-order valence-electron chi connectivity index (χ2n) is 2.98. The first-order valence-electron chi connectivity index (χ1n) is 4.79. The molecule has 0 N–H and O–H groups in total. The predicted molar refractivity (Wildman–Crippen MR) is 58.1 cm³/mol. The molecule has 0 aliphatic heterocycles. The van der Waals surface area contributed by atoms with E-state index in [0.717, 1.165) is 6.42 Å². The molecule has 1 aromatic rings. The molecule has 0 saturated carbocycles. The SMILES string of the molecule is CCCC(=O)OC.Cc1ccccc1. The molecule has 14 heavy (non-hydrogen) atoms. The Labute approximate surface area is 85.9 Å². The average Bonchev–Trinajstić information content (AvgIpc) is 2.20. The predicted octanol–water partition coefficient (Wildman–Crippen LogP) is 2.95. The molecule has 78 valence electrons. The van der Waals surface area contributed by atoms with Crippen LogP contribution in [0.4, 0.5) is 0 Å². The maximum atomic E-state index is 10.2. The van der Waals surface area contributed by atoms with Crippen molar-refractivity contribution in [2.45, 2.75) is 26.7 Å². The van der Waals surface area contributed by atoms with Gasteiger partial charge in [0.2, 0.25) is 0 Å². The number of esters is 1. The third-order valence-corrected chi connectivity index (χ3v) is 1.62. The first-order chi connectivity index (χ1) is 6.70. The van der Waals surface area contributed by atoms with Crippen LogP contribution in [0, 0.1) is 6.92 Å². The van der Waals surface area contributed by atoms with Crippen molar-refractivity contribution < 1.29 is 9.53 Å². The summed E-state index contributed by atoms with van der Waals surface area (Å²) in [5.41, 5.74) is 1.32. The topological polar surface area (TPSA) is 26.3 Å². The number of rotatable bonds is 2. The normalized spacial score (nSPS) is 8.50. The fraction of sp³-hybridized carbons (Fsp3) is 0.417. The number of hydrogen-bond acceptors (Lipinski definition) is 2.